The molecule has 3 rings (SSSR count). The van der Waals surface area contributed by atoms with Crippen LogP contribution in [0.2, 0.25) is 0 Å². The number of benzene rings is 1. The predicted octanol–water partition coefficient (Wildman–Crippen LogP) is 3.27. The molecule has 0 unspecified atom stereocenters. The number of carbonyl (C=O) groups is 2. The Morgan fingerprint density at radius 3 is 2.57 bits per heavy atom. The van der Waals surface area contributed by atoms with Crippen LogP contribution in [0.25, 0.3) is 0 Å². The Labute approximate surface area is 170 Å². The summed E-state index contributed by atoms with van der Waals surface area (Å²) in [6.07, 6.45) is 5.83. The lowest BCUT2D eigenvalue weighted by Crippen LogP contribution is -2.59. The lowest BCUT2D eigenvalue weighted by atomic mass is 9.79. The maximum atomic E-state index is 14.1. The van der Waals surface area contributed by atoms with Gasteiger partial charge in [0.1, 0.15) is 5.82 Å². The maximum absolute atomic E-state index is 14.1. The molecule has 154 valence electrons. The minimum atomic E-state index is -0.456. The average molecular weight is 409 g/mol. The monoisotopic (exact) mass is 408 g/mol. The molecule has 1 aliphatic heterocycles. The molecule has 1 aliphatic carbocycles. The van der Waals surface area contributed by atoms with Crippen LogP contribution in [0.4, 0.5) is 4.39 Å². The summed E-state index contributed by atoms with van der Waals surface area (Å²) < 4.78 is 19.6. The molecule has 1 N–H and O–H groups in total. The summed E-state index contributed by atoms with van der Waals surface area (Å²) >= 11 is 1.16. The molecule has 1 aromatic carbocycles. The molecule has 2 fully saturated rings. The Balaban J connectivity index is 1.54. The molecule has 1 heterocycles. The summed E-state index contributed by atoms with van der Waals surface area (Å²) in [7, 11) is 0. The normalized spacial score (nSPS) is 19.9. The first kappa shape index (κ1) is 21.3. The second kappa shape index (κ2) is 9.85. The van der Waals surface area contributed by atoms with Crippen LogP contribution in [0.3, 0.4) is 0 Å². The van der Waals surface area contributed by atoms with Crippen LogP contribution in [0.1, 0.15) is 49.4 Å². The SMILES string of the molecule is CC(=O)c1ccc(SCC(=O)NCC2(N3CCOCC3)CCCCC2)c(F)c1. The van der Waals surface area contributed by atoms with Crippen molar-refractivity contribution in [3.63, 3.8) is 0 Å². The molecule has 1 saturated heterocycles. The van der Waals surface area contributed by atoms with E-state index in [1.807, 2.05) is 0 Å². The quantitative estimate of drug-likeness (QED) is 0.554. The second-order valence-corrected chi connectivity index (χ2v) is 8.67. The summed E-state index contributed by atoms with van der Waals surface area (Å²) in [5.74, 6) is -0.551. The lowest BCUT2D eigenvalue weighted by molar-refractivity contribution is -0.119. The van der Waals surface area contributed by atoms with E-state index < -0.39 is 5.82 Å². The molecule has 1 amide bonds. The smallest absolute Gasteiger partial charge is 0.230 e. The third kappa shape index (κ3) is 5.33. The number of Topliss-reactive ketones (excluding diaryl/α,β-unsaturated/α-hetero) is 1. The standard InChI is InChI=1S/C21H29FN2O3S/c1-16(25)17-5-6-19(18(22)13-17)28-14-20(26)23-15-21(7-3-2-4-8-21)24-9-11-27-12-10-24/h5-6,13H,2-4,7-12,14-15H2,1H3,(H,23,26). The summed E-state index contributed by atoms with van der Waals surface area (Å²) in [6.45, 7) is 5.38. The highest BCUT2D eigenvalue weighted by molar-refractivity contribution is 8.00. The van der Waals surface area contributed by atoms with Crippen molar-refractivity contribution in [3.05, 3.63) is 29.6 Å². The molecule has 0 atom stereocenters. The molecule has 7 heteroatoms. The fourth-order valence-electron chi connectivity index (χ4n) is 4.15. The molecule has 0 spiro atoms. The van der Waals surface area contributed by atoms with Gasteiger partial charge in [0, 0.05) is 35.6 Å². The van der Waals surface area contributed by atoms with Gasteiger partial charge in [-0.3, -0.25) is 14.5 Å². The van der Waals surface area contributed by atoms with Crippen molar-refractivity contribution in [3.8, 4) is 0 Å². The Hall–Kier alpha value is -1.44. The minimum absolute atomic E-state index is 0.0245. The van der Waals surface area contributed by atoms with Crippen molar-refractivity contribution in [2.75, 3.05) is 38.6 Å². The van der Waals surface area contributed by atoms with Crippen LogP contribution in [-0.4, -0.2) is 60.7 Å². The number of nitrogens with one attached hydrogen (secondary N) is 1. The van der Waals surface area contributed by atoms with Gasteiger partial charge < -0.3 is 10.1 Å². The largest absolute Gasteiger partial charge is 0.379 e. The van der Waals surface area contributed by atoms with Crippen LogP contribution in [0.15, 0.2) is 23.1 Å². The number of nitrogens with zero attached hydrogens (tertiary/aromatic N) is 1. The van der Waals surface area contributed by atoms with E-state index in [-0.39, 0.29) is 23.0 Å². The van der Waals surface area contributed by atoms with Gasteiger partial charge in [-0.05, 0) is 31.9 Å². The first-order valence-electron chi connectivity index (χ1n) is 10.0. The van der Waals surface area contributed by atoms with E-state index in [1.54, 1.807) is 12.1 Å². The Morgan fingerprint density at radius 1 is 1.21 bits per heavy atom. The van der Waals surface area contributed by atoms with Crippen LogP contribution < -0.4 is 5.32 Å². The predicted molar refractivity (Wildman–Crippen MR) is 108 cm³/mol. The van der Waals surface area contributed by atoms with Crippen molar-refractivity contribution in [2.24, 2.45) is 0 Å². The lowest BCUT2D eigenvalue weighted by Gasteiger charge is -2.48. The van der Waals surface area contributed by atoms with E-state index in [0.717, 1.165) is 50.9 Å². The van der Waals surface area contributed by atoms with Gasteiger partial charge in [0.2, 0.25) is 5.91 Å². The van der Waals surface area contributed by atoms with Crippen molar-refractivity contribution in [2.45, 2.75) is 49.5 Å². The number of carbonyl (C=O) groups excluding carboxylic acids is 2. The molecule has 0 aromatic heterocycles. The van der Waals surface area contributed by atoms with Gasteiger partial charge in [-0.2, -0.15) is 0 Å². The summed E-state index contributed by atoms with van der Waals surface area (Å²) in [4.78, 5) is 26.6. The van der Waals surface area contributed by atoms with Gasteiger partial charge >= 0.3 is 0 Å². The van der Waals surface area contributed by atoms with Gasteiger partial charge in [0.15, 0.2) is 5.78 Å². The average Bonchev–Trinajstić information content (AvgIpc) is 2.72. The molecular weight excluding hydrogens is 379 g/mol. The van der Waals surface area contributed by atoms with Gasteiger partial charge in [0.05, 0.1) is 19.0 Å². The van der Waals surface area contributed by atoms with Crippen molar-refractivity contribution < 1.29 is 18.7 Å². The highest BCUT2D eigenvalue weighted by Gasteiger charge is 2.38. The zero-order valence-electron chi connectivity index (χ0n) is 16.5. The summed E-state index contributed by atoms with van der Waals surface area (Å²) in [6, 6.07) is 4.40. The van der Waals surface area contributed by atoms with E-state index in [2.05, 4.69) is 10.2 Å². The van der Waals surface area contributed by atoms with Gasteiger partial charge in [-0.15, -0.1) is 11.8 Å². The first-order valence-corrected chi connectivity index (χ1v) is 11.0. The number of amides is 1. The number of hydrogen-bond donors (Lipinski definition) is 1. The molecule has 1 saturated carbocycles. The van der Waals surface area contributed by atoms with Crippen molar-refractivity contribution in [1.82, 2.24) is 10.2 Å². The summed E-state index contributed by atoms with van der Waals surface area (Å²) in [5.41, 5.74) is 0.368. The van der Waals surface area contributed by atoms with Gasteiger partial charge in [-0.1, -0.05) is 25.3 Å². The molecule has 28 heavy (non-hydrogen) atoms. The van der Waals surface area contributed by atoms with Gasteiger partial charge in [-0.25, -0.2) is 4.39 Å². The number of ketones is 1. The Morgan fingerprint density at radius 2 is 1.93 bits per heavy atom. The zero-order chi connectivity index (χ0) is 20.0. The molecule has 0 radical (unpaired) electrons. The van der Waals surface area contributed by atoms with E-state index in [1.165, 1.54) is 32.3 Å². The molecule has 5 nitrogen and oxygen atoms in total. The van der Waals surface area contributed by atoms with E-state index in [0.29, 0.717) is 17.0 Å². The molecular formula is C21H29FN2O3S. The highest BCUT2D eigenvalue weighted by atomic mass is 32.2. The Bertz CT molecular complexity index is 701. The van der Waals surface area contributed by atoms with Crippen LogP contribution in [0, 0.1) is 5.82 Å². The van der Waals surface area contributed by atoms with E-state index in [4.69, 9.17) is 4.74 Å². The van der Waals surface area contributed by atoms with Crippen LogP contribution in [-0.2, 0) is 9.53 Å². The number of halogens is 1. The molecule has 2 aliphatic rings. The number of rotatable bonds is 7. The number of hydrogen-bond acceptors (Lipinski definition) is 5. The zero-order valence-corrected chi connectivity index (χ0v) is 17.3. The maximum Gasteiger partial charge on any atom is 0.230 e. The van der Waals surface area contributed by atoms with Crippen molar-refractivity contribution >= 4 is 23.5 Å². The van der Waals surface area contributed by atoms with E-state index >= 15 is 0 Å². The van der Waals surface area contributed by atoms with E-state index in [9.17, 15) is 14.0 Å². The van der Waals surface area contributed by atoms with Crippen LogP contribution >= 0.6 is 11.8 Å². The fraction of sp³-hybridized carbons (Fsp3) is 0.619. The van der Waals surface area contributed by atoms with Crippen molar-refractivity contribution in [1.29, 1.82) is 0 Å². The number of morpholine rings is 1. The Kier molecular flexibility index (Phi) is 7.48. The van der Waals surface area contributed by atoms with Crippen LogP contribution in [0.5, 0.6) is 0 Å². The highest BCUT2D eigenvalue weighted by Crippen LogP contribution is 2.34. The third-order valence-corrected chi connectivity index (χ3v) is 6.83. The van der Waals surface area contributed by atoms with Gasteiger partial charge in [0.25, 0.3) is 0 Å². The number of ether oxygens (including phenoxy) is 1. The third-order valence-electron chi connectivity index (χ3n) is 5.78. The minimum Gasteiger partial charge on any atom is -0.379 e. The molecule has 0 bridgehead atoms. The fourth-order valence-corrected chi connectivity index (χ4v) is 4.90. The first-order chi connectivity index (χ1) is 13.5. The second-order valence-electron chi connectivity index (χ2n) is 7.65. The topological polar surface area (TPSA) is 58.6 Å². The number of thioether (sulfide) groups is 1. The summed E-state index contributed by atoms with van der Waals surface area (Å²) in [5, 5.41) is 3.09. The molecule has 1 aromatic rings.